The lowest BCUT2D eigenvalue weighted by Crippen LogP contribution is -2.48. The molecule has 0 saturated carbocycles. The largest absolute Gasteiger partial charge is 0.329 e. The van der Waals surface area contributed by atoms with Gasteiger partial charge in [0.15, 0.2) is 0 Å². The van der Waals surface area contributed by atoms with Gasteiger partial charge in [0.1, 0.15) is 5.82 Å². The van der Waals surface area contributed by atoms with Crippen molar-refractivity contribution in [3.8, 4) is 0 Å². The van der Waals surface area contributed by atoms with Crippen LogP contribution in [0, 0.1) is 19.7 Å². The van der Waals surface area contributed by atoms with Gasteiger partial charge in [-0.25, -0.2) is 4.39 Å². The van der Waals surface area contributed by atoms with E-state index < -0.39 is 0 Å². The predicted octanol–water partition coefficient (Wildman–Crippen LogP) is 3.65. The first-order chi connectivity index (χ1) is 11.1. The van der Waals surface area contributed by atoms with Gasteiger partial charge in [0.2, 0.25) is 0 Å². The van der Waals surface area contributed by atoms with Gasteiger partial charge in [-0.15, -0.1) is 12.4 Å². The molecule has 2 aromatic rings. The van der Waals surface area contributed by atoms with Gasteiger partial charge in [-0.1, -0.05) is 18.2 Å². The van der Waals surface area contributed by atoms with Crippen LogP contribution >= 0.6 is 12.4 Å². The molecule has 1 aliphatic rings. The SMILES string of the molecule is Cc1ccc(C(=O)N2CCNCC2c2cccc(F)c2)cc1C.Cl. The Balaban J connectivity index is 0.00000208. The average Bonchev–Trinajstić information content (AvgIpc) is 2.57. The number of rotatable bonds is 2. The Hall–Kier alpha value is -1.91. The molecule has 3 rings (SSSR count). The van der Waals surface area contributed by atoms with Gasteiger partial charge < -0.3 is 10.2 Å². The lowest BCUT2D eigenvalue weighted by molar-refractivity contribution is 0.0634. The third-order valence-electron chi connectivity index (χ3n) is 4.49. The molecular formula is C19H22ClFN2O. The Labute approximate surface area is 148 Å². The standard InChI is InChI=1S/C19H21FN2O.ClH/c1-13-6-7-16(10-14(13)2)19(23)22-9-8-21-12-18(22)15-4-3-5-17(20)11-15;/h3-7,10-11,18,21H,8-9,12H2,1-2H3;1H. The molecule has 1 atom stereocenters. The molecule has 1 saturated heterocycles. The minimum atomic E-state index is -0.272. The topological polar surface area (TPSA) is 32.3 Å². The number of benzene rings is 2. The lowest BCUT2D eigenvalue weighted by atomic mass is 10.0. The summed E-state index contributed by atoms with van der Waals surface area (Å²) >= 11 is 0. The van der Waals surface area contributed by atoms with Crippen LogP contribution in [0.3, 0.4) is 0 Å². The van der Waals surface area contributed by atoms with Crippen LogP contribution in [0.15, 0.2) is 42.5 Å². The molecule has 1 fully saturated rings. The smallest absolute Gasteiger partial charge is 0.254 e. The molecule has 0 spiro atoms. The number of piperazine rings is 1. The summed E-state index contributed by atoms with van der Waals surface area (Å²) in [6, 6.07) is 12.1. The maximum Gasteiger partial charge on any atom is 0.254 e. The fourth-order valence-corrected chi connectivity index (χ4v) is 3.00. The Bertz CT molecular complexity index is 735. The molecule has 0 bridgehead atoms. The summed E-state index contributed by atoms with van der Waals surface area (Å²) in [5.74, 6) is -0.268. The number of amides is 1. The van der Waals surface area contributed by atoms with Crippen molar-refractivity contribution in [3.05, 3.63) is 70.5 Å². The number of aryl methyl sites for hydroxylation is 2. The van der Waals surface area contributed by atoms with E-state index in [1.54, 1.807) is 6.07 Å². The molecule has 1 heterocycles. The zero-order chi connectivity index (χ0) is 16.4. The van der Waals surface area contributed by atoms with Gasteiger partial charge in [0, 0.05) is 25.2 Å². The summed E-state index contributed by atoms with van der Waals surface area (Å²) in [4.78, 5) is 14.8. The number of nitrogens with zero attached hydrogens (tertiary/aromatic N) is 1. The van der Waals surface area contributed by atoms with Crippen molar-refractivity contribution < 1.29 is 9.18 Å². The highest BCUT2D eigenvalue weighted by Gasteiger charge is 2.28. The van der Waals surface area contributed by atoms with Crippen LogP contribution in [0.25, 0.3) is 0 Å². The zero-order valence-corrected chi connectivity index (χ0v) is 14.7. The number of hydrogen-bond acceptors (Lipinski definition) is 2. The summed E-state index contributed by atoms with van der Waals surface area (Å²) < 4.78 is 13.5. The van der Waals surface area contributed by atoms with Crippen molar-refractivity contribution >= 4 is 18.3 Å². The highest BCUT2D eigenvalue weighted by atomic mass is 35.5. The van der Waals surface area contributed by atoms with E-state index in [1.807, 2.05) is 43.0 Å². The summed E-state index contributed by atoms with van der Waals surface area (Å²) in [6.07, 6.45) is 0. The number of carbonyl (C=O) groups is 1. The number of nitrogens with one attached hydrogen (secondary N) is 1. The zero-order valence-electron chi connectivity index (χ0n) is 13.9. The van der Waals surface area contributed by atoms with E-state index in [4.69, 9.17) is 0 Å². The predicted molar refractivity (Wildman–Crippen MR) is 96.2 cm³/mol. The average molecular weight is 349 g/mol. The molecule has 1 unspecified atom stereocenters. The maximum atomic E-state index is 13.5. The number of hydrogen-bond donors (Lipinski definition) is 1. The second kappa shape index (κ2) is 7.77. The van der Waals surface area contributed by atoms with E-state index in [-0.39, 0.29) is 30.2 Å². The van der Waals surface area contributed by atoms with Crippen molar-refractivity contribution in [3.63, 3.8) is 0 Å². The molecule has 24 heavy (non-hydrogen) atoms. The van der Waals surface area contributed by atoms with Crippen LogP contribution in [0.2, 0.25) is 0 Å². The van der Waals surface area contributed by atoms with E-state index in [2.05, 4.69) is 5.32 Å². The third-order valence-corrected chi connectivity index (χ3v) is 4.49. The van der Waals surface area contributed by atoms with Crippen molar-refractivity contribution in [2.45, 2.75) is 19.9 Å². The van der Waals surface area contributed by atoms with Gasteiger partial charge in [0.25, 0.3) is 5.91 Å². The monoisotopic (exact) mass is 348 g/mol. The third kappa shape index (κ3) is 3.77. The van der Waals surface area contributed by atoms with Crippen molar-refractivity contribution in [2.75, 3.05) is 19.6 Å². The van der Waals surface area contributed by atoms with Crippen LogP contribution in [0.5, 0.6) is 0 Å². The van der Waals surface area contributed by atoms with Crippen LogP contribution in [0.4, 0.5) is 4.39 Å². The molecular weight excluding hydrogens is 327 g/mol. The second-order valence-corrected chi connectivity index (χ2v) is 6.07. The molecule has 1 amide bonds. The Morgan fingerprint density at radius 3 is 2.67 bits per heavy atom. The second-order valence-electron chi connectivity index (χ2n) is 6.07. The van der Waals surface area contributed by atoms with Gasteiger partial charge in [-0.05, 0) is 54.8 Å². The number of halogens is 2. The van der Waals surface area contributed by atoms with Gasteiger partial charge >= 0.3 is 0 Å². The summed E-state index contributed by atoms with van der Waals surface area (Å²) in [5, 5.41) is 3.29. The first kappa shape index (κ1) is 18.4. The van der Waals surface area contributed by atoms with Crippen LogP contribution < -0.4 is 5.32 Å². The number of carbonyl (C=O) groups excluding carboxylic acids is 1. The summed E-state index contributed by atoms with van der Waals surface area (Å²) in [7, 11) is 0. The Kier molecular flexibility index (Phi) is 5.97. The Morgan fingerprint density at radius 2 is 1.96 bits per heavy atom. The van der Waals surface area contributed by atoms with Gasteiger partial charge in [-0.3, -0.25) is 4.79 Å². The van der Waals surface area contributed by atoms with Gasteiger partial charge in [-0.2, -0.15) is 0 Å². The fraction of sp³-hybridized carbons (Fsp3) is 0.316. The molecule has 0 radical (unpaired) electrons. The van der Waals surface area contributed by atoms with E-state index in [0.29, 0.717) is 18.7 Å². The van der Waals surface area contributed by atoms with Crippen molar-refractivity contribution in [2.24, 2.45) is 0 Å². The first-order valence-corrected chi connectivity index (χ1v) is 7.90. The fourth-order valence-electron chi connectivity index (χ4n) is 3.00. The molecule has 0 aromatic heterocycles. The van der Waals surface area contributed by atoms with Crippen molar-refractivity contribution in [1.82, 2.24) is 10.2 Å². The normalized spacial score (nSPS) is 17.3. The van der Waals surface area contributed by atoms with Crippen LogP contribution in [0.1, 0.15) is 33.1 Å². The minimum Gasteiger partial charge on any atom is -0.329 e. The molecule has 1 aliphatic heterocycles. The molecule has 1 N–H and O–H groups in total. The molecule has 0 aliphatic carbocycles. The van der Waals surface area contributed by atoms with E-state index in [0.717, 1.165) is 17.7 Å². The summed E-state index contributed by atoms with van der Waals surface area (Å²) in [6.45, 7) is 6.05. The highest BCUT2D eigenvalue weighted by Crippen LogP contribution is 2.25. The molecule has 5 heteroatoms. The molecule has 2 aromatic carbocycles. The van der Waals surface area contributed by atoms with Gasteiger partial charge in [0.05, 0.1) is 6.04 Å². The first-order valence-electron chi connectivity index (χ1n) is 7.90. The molecule has 3 nitrogen and oxygen atoms in total. The van der Waals surface area contributed by atoms with Crippen LogP contribution in [-0.4, -0.2) is 30.4 Å². The van der Waals surface area contributed by atoms with E-state index >= 15 is 0 Å². The van der Waals surface area contributed by atoms with E-state index in [9.17, 15) is 9.18 Å². The highest BCUT2D eigenvalue weighted by molar-refractivity contribution is 5.95. The van der Waals surface area contributed by atoms with Crippen LogP contribution in [-0.2, 0) is 0 Å². The molecule has 128 valence electrons. The Morgan fingerprint density at radius 1 is 1.17 bits per heavy atom. The lowest BCUT2D eigenvalue weighted by Gasteiger charge is -2.36. The maximum absolute atomic E-state index is 13.5. The summed E-state index contributed by atoms with van der Waals surface area (Å²) in [5.41, 5.74) is 3.79. The minimum absolute atomic E-state index is 0. The van der Waals surface area contributed by atoms with E-state index in [1.165, 1.54) is 17.7 Å². The van der Waals surface area contributed by atoms with Crippen molar-refractivity contribution in [1.29, 1.82) is 0 Å². The quantitative estimate of drug-likeness (QED) is 0.898.